The molecule has 0 saturated carbocycles. The van der Waals surface area contributed by atoms with E-state index in [4.69, 9.17) is 4.74 Å². The second-order valence-electron chi connectivity index (χ2n) is 6.74. The molecule has 0 unspecified atom stereocenters. The Hall–Kier alpha value is -2.40. The van der Waals surface area contributed by atoms with E-state index >= 15 is 0 Å². The molecular formula is C21H25FN2O2. The second-order valence-corrected chi connectivity index (χ2v) is 6.74. The highest BCUT2D eigenvalue weighted by Gasteiger charge is 2.21. The van der Waals surface area contributed by atoms with Gasteiger partial charge in [-0.15, -0.1) is 0 Å². The summed E-state index contributed by atoms with van der Waals surface area (Å²) in [4.78, 5) is 16.7. The standard InChI is InChI=1S/C21H25FN2O2/c1-16-5-3-4-6-18(16)15-24-12-11-23(10-9-21(24)25)14-17-7-8-19(22)20(13-17)26-2/h3-8,13H,9-12,14-15H2,1-2H3. The van der Waals surface area contributed by atoms with Crippen LogP contribution in [0.4, 0.5) is 4.39 Å². The van der Waals surface area contributed by atoms with Crippen molar-refractivity contribution in [3.8, 4) is 5.75 Å². The van der Waals surface area contributed by atoms with Crippen molar-refractivity contribution in [2.75, 3.05) is 26.7 Å². The average Bonchev–Trinajstić information content (AvgIpc) is 2.81. The molecule has 0 radical (unpaired) electrons. The van der Waals surface area contributed by atoms with E-state index in [9.17, 15) is 9.18 Å². The van der Waals surface area contributed by atoms with Gasteiger partial charge < -0.3 is 9.64 Å². The summed E-state index contributed by atoms with van der Waals surface area (Å²) in [5.41, 5.74) is 3.39. The van der Waals surface area contributed by atoms with Gasteiger partial charge in [-0.3, -0.25) is 9.69 Å². The van der Waals surface area contributed by atoms with E-state index in [-0.39, 0.29) is 17.5 Å². The third-order valence-electron chi connectivity index (χ3n) is 4.92. The molecule has 0 N–H and O–H groups in total. The highest BCUT2D eigenvalue weighted by Crippen LogP contribution is 2.20. The van der Waals surface area contributed by atoms with Crippen LogP contribution in [0.15, 0.2) is 42.5 Å². The van der Waals surface area contributed by atoms with E-state index in [0.717, 1.165) is 12.1 Å². The lowest BCUT2D eigenvalue weighted by atomic mass is 10.1. The number of ether oxygens (including phenoxy) is 1. The Morgan fingerprint density at radius 3 is 2.65 bits per heavy atom. The lowest BCUT2D eigenvalue weighted by molar-refractivity contribution is -0.130. The van der Waals surface area contributed by atoms with Gasteiger partial charge in [0.2, 0.25) is 5.91 Å². The van der Waals surface area contributed by atoms with Gasteiger partial charge in [-0.1, -0.05) is 30.3 Å². The third-order valence-corrected chi connectivity index (χ3v) is 4.92. The zero-order valence-corrected chi connectivity index (χ0v) is 15.4. The van der Waals surface area contributed by atoms with Crippen molar-refractivity contribution in [2.45, 2.75) is 26.4 Å². The number of rotatable bonds is 5. The summed E-state index contributed by atoms with van der Waals surface area (Å²) in [5, 5.41) is 0. The summed E-state index contributed by atoms with van der Waals surface area (Å²) in [7, 11) is 1.47. The maximum atomic E-state index is 13.6. The monoisotopic (exact) mass is 356 g/mol. The Morgan fingerprint density at radius 1 is 1.08 bits per heavy atom. The van der Waals surface area contributed by atoms with E-state index < -0.39 is 0 Å². The van der Waals surface area contributed by atoms with Gasteiger partial charge in [-0.05, 0) is 35.7 Å². The van der Waals surface area contributed by atoms with Crippen molar-refractivity contribution in [1.29, 1.82) is 0 Å². The van der Waals surface area contributed by atoms with E-state index in [1.165, 1.54) is 24.3 Å². The first-order chi connectivity index (χ1) is 12.6. The van der Waals surface area contributed by atoms with Gasteiger partial charge in [0, 0.05) is 39.1 Å². The molecule has 5 heteroatoms. The van der Waals surface area contributed by atoms with Crippen molar-refractivity contribution < 1.29 is 13.9 Å². The largest absolute Gasteiger partial charge is 0.494 e. The molecule has 2 aromatic rings. The number of aryl methyl sites for hydroxylation is 1. The number of benzene rings is 2. The minimum Gasteiger partial charge on any atom is -0.494 e. The first-order valence-corrected chi connectivity index (χ1v) is 8.94. The van der Waals surface area contributed by atoms with Crippen LogP contribution in [-0.4, -0.2) is 42.5 Å². The molecule has 3 rings (SSSR count). The van der Waals surface area contributed by atoms with Crippen molar-refractivity contribution in [3.05, 3.63) is 65.0 Å². The summed E-state index contributed by atoms with van der Waals surface area (Å²) < 4.78 is 18.6. The Morgan fingerprint density at radius 2 is 1.88 bits per heavy atom. The molecule has 26 heavy (non-hydrogen) atoms. The molecule has 0 atom stereocenters. The fourth-order valence-electron chi connectivity index (χ4n) is 3.29. The van der Waals surface area contributed by atoms with E-state index in [1.54, 1.807) is 12.1 Å². The number of methoxy groups -OCH3 is 1. The molecule has 1 fully saturated rings. The minimum absolute atomic E-state index is 0.187. The number of nitrogens with zero attached hydrogens (tertiary/aromatic N) is 2. The highest BCUT2D eigenvalue weighted by atomic mass is 19.1. The normalized spacial score (nSPS) is 15.8. The van der Waals surface area contributed by atoms with Gasteiger partial charge in [0.25, 0.3) is 0 Å². The van der Waals surface area contributed by atoms with Crippen molar-refractivity contribution in [2.24, 2.45) is 0 Å². The number of amides is 1. The highest BCUT2D eigenvalue weighted by molar-refractivity contribution is 5.76. The molecule has 1 heterocycles. The van der Waals surface area contributed by atoms with Crippen molar-refractivity contribution in [1.82, 2.24) is 9.80 Å². The molecular weight excluding hydrogens is 331 g/mol. The van der Waals surface area contributed by atoms with Crippen LogP contribution in [0.5, 0.6) is 5.75 Å². The van der Waals surface area contributed by atoms with Crippen molar-refractivity contribution >= 4 is 5.91 Å². The van der Waals surface area contributed by atoms with Crippen LogP contribution in [0, 0.1) is 12.7 Å². The fraction of sp³-hybridized carbons (Fsp3) is 0.381. The smallest absolute Gasteiger partial charge is 0.224 e. The maximum Gasteiger partial charge on any atom is 0.224 e. The number of halogens is 1. The van der Waals surface area contributed by atoms with Gasteiger partial charge in [-0.25, -0.2) is 4.39 Å². The predicted molar refractivity (Wildman–Crippen MR) is 99.4 cm³/mol. The number of hydrogen-bond donors (Lipinski definition) is 0. The number of carbonyl (C=O) groups is 1. The summed E-state index contributed by atoms with van der Waals surface area (Å²) in [6, 6.07) is 13.1. The van der Waals surface area contributed by atoms with Gasteiger partial charge in [0.15, 0.2) is 11.6 Å². The van der Waals surface area contributed by atoms with Gasteiger partial charge in [0.1, 0.15) is 0 Å². The molecule has 1 saturated heterocycles. The quantitative estimate of drug-likeness (QED) is 0.823. The molecule has 0 aliphatic carbocycles. The summed E-state index contributed by atoms with van der Waals surface area (Å²) >= 11 is 0. The minimum atomic E-state index is -0.355. The zero-order chi connectivity index (χ0) is 18.5. The van der Waals surface area contributed by atoms with Gasteiger partial charge in [-0.2, -0.15) is 0 Å². The van der Waals surface area contributed by atoms with Crippen LogP contribution in [0.25, 0.3) is 0 Å². The van der Waals surface area contributed by atoms with Gasteiger partial charge in [0.05, 0.1) is 7.11 Å². The first-order valence-electron chi connectivity index (χ1n) is 8.94. The third kappa shape index (κ3) is 4.41. The van der Waals surface area contributed by atoms with Crippen LogP contribution in [-0.2, 0) is 17.9 Å². The Bertz CT molecular complexity index is 778. The average molecular weight is 356 g/mol. The van der Waals surface area contributed by atoms with Gasteiger partial charge >= 0.3 is 0 Å². The summed E-state index contributed by atoms with van der Waals surface area (Å²) in [5.74, 6) is 0.0914. The van der Waals surface area contributed by atoms with Crippen LogP contribution < -0.4 is 4.74 Å². The van der Waals surface area contributed by atoms with Crippen LogP contribution >= 0.6 is 0 Å². The molecule has 4 nitrogen and oxygen atoms in total. The maximum absolute atomic E-state index is 13.6. The molecule has 1 amide bonds. The molecule has 0 bridgehead atoms. The van der Waals surface area contributed by atoms with Crippen LogP contribution in [0.1, 0.15) is 23.1 Å². The summed E-state index contributed by atoms with van der Waals surface area (Å²) in [6.07, 6.45) is 0.504. The number of hydrogen-bond acceptors (Lipinski definition) is 3. The van der Waals surface area contributed by atoms with E-state index in [1.807, 2.05) is 17.0 Å². The zero-order valence-electron chi connectivity index (χ0n) is 15.4. The van der Waals surface area contributed by atoms with E-state index in [0.29, 0.717) is 32.6 Å². The molecule has 0 aromatic heterocycles. The Labute approximate surface area is 154 Å². The molecule has 1 aliphatic rings. The molecule has 1 aliphatic heterocycles. The fourth-order valence-corrected chi connectivity index (χ4v) is 3.29. The lowest BCUT2D eigenvalue weighted by Gasteiger charge is -2.23. The Kier molecular flexibility index (Phi) is 5.89. The molecule has 138 valence electrons. The first kappa shape index (κ1) is 18.4. The van der Waals surface area contributed by atoms with Crippen LogP contribution in [0.3, 0.4) is 0 Å². The second kappa shape index (κ2) is 8.32. The lowest BCUT2D eigenvalue weighted by Crippen LogP contribution is -2.33. The topological polar surface area (TPSA) is 32.8 Å². The SMILES string of the molecule is COc1cc(CN2CCC(=O)N(Cc3ccccc3C)CC2)ccc1F. The Balaban J connectivity index is 1.63. The summed E-state index contributed by atoms with van der Waals surface area (Å²) in [6.45, 7) is 5.63. The van der Waals surface area contributed by atoms with Crippen LogP contribution in [0.2, 0.25) is 0 Å². The van der Waals surface area contributed by atoms with Crippen molar-refractivity contribution in [3.63, 3.8) is 0 Å². The predicted octanol–water partition coefficient (Wildman–Crippen LogP) is 3.38. The van der Waals surface area contributed by atoms with E-state index in [2.05, 4.69) is 24.0 Å². The number of carbonyl (C=O) groups excluding carboxylic acids is 1. The molecule has 2 aromatic carbocycles. The molecule has 0 spiro atoms.